The fraction of sp³-hybridized carbons (Fsp3) is 0.188. The number of pyridine rings is 3. The Morgan fingerprint density at radius 3 is 0.812 bits per heavy atom. The minimum absolute atomic E-state index is 0. The third-order valence-corrected chi connectivity index (χ3v) is 21.6. The summed E-state index contributed by atoms with van der Waals surface area (Å²) in [6, 6.07) is 41.7. The van der Waals surface area contributed by atoms with Gasteiger partial charge in [0.1, 0.15) is 0 Å². The number of rotatable bonds is 6. The minimum Gasteiger partial charge on any atom is -1.00 e. The molecule has 6 heterocycles. The first-order chi connectivity index (χ1) is 32.2. The smallest absolute Gasteiger partial charge is 1.00 e. The van der Waals surface area contributed by atoms with Gasteiger partial charge in [0, 0.05) is 0 Å². The van der Waals surface area contributed by atoms with Gasteiger partial charge in [-0.15, -0.1) is 0 Å². The average molecular weight is 1780 g/mol. The second-order valence-corrected chi connectivity index (χ2v) is 23.5. The Hall–Kier alpha value is -2.61. The molecule has 6 aromatic rings. The molecule has 3 aromatic heterocycles. The molecule has 3 atom stereocenters. The number of benzene rings is 3. The topological polar surface area (TPSA) is 215 Å². The van der Waals surface area contributed by atoms with Gasteiger partial charge in [0.25, 0.3) is 0 Å². The van der Waals surface area contributed by atoms with Crippen molar-refractivity contribution in [3.63, 3.8) is 0 Å². The first-order valence-electron chi connectivity index (χ1n) is 19.8. The second kappa shape index (κ2) is 27.4. The van der Waals surface area contributed by atoms with E-state index in [1.165, 1.54) is 0 Å². The van der Waals surface area contributed by atoms with E-state index in [-0.39, 0.29) is 169 Å². The number of aromatic nitrogens is 3. The maximum absolute atomic E-state index is 10.6. The van der Waals surface area contributed by atoms with Crippen molar-refractivity contribution in [2.75, 3.05) is 13.3 Å². The zero-order valence-electron chi connectivity index (χ0n) is 35.5. The average Bonchev–Trinajstić information content (AvgIpc) is 4.13. The molecule has 348 valence electrons. The molecule has 3 unspecified atom stereocenters. The van der Waals surface area contributed by atoms with Crippen LogP contribution in [0.1, 0.15) is 51.5 Å². The standard InChI is InChI=1S/3C16H10IN3OSe.3HI/c3*17-6-11-9-22-16-13(8-19)14(10-4-2-1-3-5-10)12(7-18)15(21)20(11)16;;;/h3*1-5,11H,6,9H2;3*1H. The largest absolute Gasteiger partial charge is 1.00 e. The molecule has 0 saturated carbocycles. The summed E-state index contributed by atoms with van der Waals surface area (Å²) < 4.78 is 10.6. The van der Waals surface area contributed by atoms with E-state index in [4.69, 9.17) is 0 Å². The summed E-state index contributed by atoms with van der Waals surface area (Å²) in [5, 5.41) is 92.3. The van der Waals surface area contributed by atoms with Crippen LogP contribution in [0.25, 0.3) is 33.4 Å². The van der Waals surface area contributed by atoms with E-state index >= 15 is 0 Å². The van der Waals surface area contributed by atoms with Gasteiger partial charge in [0.2, 0.25) is 0 Å². The van der Waals surface area contributed by atoms with Crippen LogP contribution >= 0.6 is 67.8 Å². The van der Waals surface area contributed by atoms with Crippen molar-refractivity contribution in [2.24, 2.45) is 0 Å². The summed E-state index contributed by atoms with van der Waals surface area (Å²) in [5.74, 6) is -0.0100. The van der Waals surface area contributed by atoms with Crippen molar-refractivity contribution in [2.45, 2.75) is 34.1 Å². The molecule has 3 N–H and O–H groups in total. The summed E-state index contributed by atoms with van der Waals surface area (Å²) in [5.41, 5.74) is 6.25. The summed E-state index contributed by atoms with van der Waals surface area (Å²) >= 11 is 7.25. The fourth-order valence-corrected chi connectivity index (χ4v) is 20.9. The number of halogens is 6. The van der Waals surface area contributed by atoms with Crippen LogP contribution in [0, 0.1) is 68.0 Å². The van der Waals surface area contributed by atoms with Crippen molar-refractivity contribution in [1.29, 1.82) is 31.6 Å². The summed E-state index contributed by atoms with van der Waals surface area (Å²) in [6.45, 7) is 0. The van der Waals surface area contributed by atoms with Crippen molar-refractivity contribution < 1.29 is 101 Å². The van der Waals surface area contributed by atoms with Gasteiger partial charge in [-0.05, 0) is 0 Å². The molecule has 21 heteroatoms. The molecule has 0 aliphatic carbocycles. The number of hydrogen-bond acceptors (Lipinski definition) is 9. The molecular weight excluding hydrogens is 1750 g/mol. The van der Waals surface area contributed by atoms with E-state index in [0.717, 1.165) is 59.7 Å². The molecule has 3 aromatic carbocycles. The molecule has 3 aliphatic heterocycles. The van der Waals surface area contributed by atoms with Crippen LogP contribution in [-0.2, 0) is 0 Å². The normalized spacial score (nSPS) is 15.2. The van der Waals surface area contributed by atoms with E-state index < -0.39 is 0 Å². The van der Waals surface area contributed by atoms with Crippen LogP contribution in [0.2, 0.25) is 16.0 Å². The number of alkyl halides is 3. The summed E-state index contributed by atoms with van der Waals surface area (Å²) in [7, 11) is 0. The number of fused-ring (bicyclic) bond motifs is 3. The quantitative estimate of drug-likeness (QED) is 0.0653. The third-order valence-electron chi connectivity index (χ3n) is 10.9. The first kappa shape index (κ1) is 59.0. The van der Waals surface area contributed by atoms with Crippen molar-refractivity contribution in [3.8, 4) is 87.4 Å². The van der Waals surface area contributed by atoms with Gasteiger partial charge >= 0.3 is 446 Å². The van der Waals surface area contributed by atoms with E-state index in [9.17, 15) is 46.9 Å². The molecule has 0 spiro atoms. The second-order valence-electron chi connectivity index (χ2n) is 14.5. The monoisotopic (exact) mass is 1780 g/mol. The molecule has 3 aliphatic rings. The number of aromatic hydroxyl groups is 3. The zero-order chi connectivity index (χ0) is 47.1. The van der Waals surface area contributed by atoms with Gasteiger partial charge in [-0.2, -0.15) is 0 Å². The Morgan fingerprint density at radius 1 is 0.406 bits per heavy atom. The summed E-state index contributed by atoms with van der Waals surface area (Å²) in [4.78, 5) is 0. The van der Waals surface area contributed by atoms with Gasteiger partial charge in [0.15, 0.2) is 0 Å². The zero-order valence-corrected chi connectivity index (χ0v) is 53.6. The van der Waals surface area contributed by atoms with Crippen LogP contribution in [0.5, 0.6) is 17.6 Å². The van der Waals surface area contributed by atoms with Crippen molar-refractivity contribution >= 4 is 126 Å². The van der Waals surface area contributed by atoms with Gasteiger partial charge in [-0.3, -0.25) is 0 Å². The predicted octanol–water partition coefficient (Wildman–Crippen LogP) is -3.51. The van der Waals surface area contributed by atoms with Crippen LogP contribution in [0.15, 0.2) is 91.0 Å². The maximum Gasteiger partial charge on any atom is -1.00 e. The van der Waals surface area contributed by atoms with Gasteiger partial charge in [-0.25, -0.2) is 0 Å². The number of hydrogen-bond donors (Lipinski definition) is 3. The van der Waals surface area contributed by atoms with Crippen LogP contribution in [-0.4, -0.2) is 73.5 Å². The molecule has 0 bridgehead atoms. The summed E-state index contributed by atoms with van der Waals surface area (Å²) in [6.07, 6.45) is 0. The Bertz CT molecular complexity index is 2820. The Labute approximate surface area is 510 Å². The van der Waals surface area contributed by atoms with Crippen LogP contribution < -0.4 is 99.4 Å². The molecule has 69 heavy (non-hydrogen) atoms. The number of nitrogens with zero attached hydrogens (tertiary/aromatic N) is 9. The van der Waals surface area contributed by atoms with Gasteiger partial charge in [-0.1, -0.05) is 0 Å². The minimum atomic E-state index is -0.00334. The molecular formula is C48H33I6N9O3Se3. The van der Waals surface area contributed by atoms with Crippen LogP contribution in [0.4, 0.5) is 0 Å². The molecule has 9 rings (SSSR count). The van der Waals surface area contributed by atoms with Gasteiger partial charge < -0.3 is 71.9 Å². The Kier molecular flexibility index (Phi) is 23.4. The third kappa shape index (κ3) is 11.6. The molecule has 0 fully saturated rings. The van der Waals surface area contributed by atoms with E-state index in [2.05, 4.69) is 104 Å². The van der Waals surface area contributed by atoms with Gasteiger partial charge in [0.05, 0.1) is 0 Å². The van der Waals surface area contributed by atoms with E-state index in [1.54, 1.807) is 13.7 Å². The molecule has 0 radical (unpaired) electrons. The maximum atomic E-state index is 10.6. The Morgan fingerprint density at radius 2 is 0.623 bits per heavy atom. The first-order valence-corrected chi connectivity index (χ1v) is 30.6. The van der Waals surface area contributed by atoms with Crippen molar-refractivity contribution in [1.82, 2.24) is 0 Å². The van der Waals surface area contributed by atoms with E-state index in [0.29, 0.717) is 33.4 Å². The molecule has 0 amide bonds. The SMILES string of the molecule is N#Cc1c(-c2ccccc2)c(C#N)c2[n+](c1O)C(CI)C[Se]2.N#Cc1c(-c2ccccc2)c(C#N)c2[n+](c1O)C(CI)C[Se]2.N#Cc1c(-c2ccccc2)c(C#N)c2[n+](c1O)C(CI)C[Se]2.[I-].[I-].[I-]. The molecule has 12 nitrogen and oxygen atoms in total. The van der Waals surface area contributed by atoms with Crippen molar-refractivity contribution in [3.05, 3.63) is 124 Å². The van der Waals surface area contributed by atoms with E-state index in [1.807, 2.05) is 91.0 Å². The Balaban J connectivity index is 0.000000221. The number of nitriles is 6. The predicted molar refractivity (Wildman–Crippen MR) is 274 cm³/mol. The van der Waals surface area contributed by atoms with Crippen LogP contribution in [0.3, 0.4) is 0 Å². The fourth-order valence-electron chi connectivity index (χ4n) is 7.88. The molecule has 0 saturated heterocycles.